The van der Waals surface area contributed by atoms with Gasteiger partial charge in [0, 0.05) is 38.7 Å². The summed E-state index contributed by atoms with van der Waals surface area (Å²) in [7, 11) is 0. The maximum absolute atomic E-state index is 10.8. The smallest absolute Gasteiger partial charge is 0.303 e. The molecule has 0 aromatic heterocycles. The molecular weight excluding hydrogens is 236 g/mol. The van der Waals surface area contributed by atoms with Crippen LogP contribution in [0.25, 0.3) is 0 Å². The number of aliphatic hydroxyl groups is 2. The molecule has 18 heavy (non-hydrogen) atoms. The highest BCUT2D eigenvalue weighted by atomic mass is 16.4. The molecule has 1 heterocycles. The lowest BCUT2D eigenvalue weighted by molar-refractivity contribution is -0.138. The van der Waals surface area contributed by atoms with Crippen LogP contribution in [0.5, 0.6) is 0 Å². The fourth-order valence-electron chi connectivity index (χ4n) is 2.55. The normalized spacial score (nSPS) is 25.2. The minimum Gasteiger partial charge on any atom is -0.481 e. The van der Waals surface area contributed by atoms with E-state index >= 15 is 0 Å². The highest BCUT2D eigenvalue weighted by Gasteiger charge is 2.27. The zero-order valence-electron chi connectivity index (χ0n) is 10.7. The summed E-state index contributed by atoms with van der Waals surface area (Å²) >= 11 is 0. The van der Waals surface area contributed by atoms with Gasteiger partial charge in [-0.2, -0.15) is 0 Å². The molecule has 0 aromatic carbocycles. The number of aliphatic carboxylic acids is 1. The van der Waals surface area contributed by atoms with E-state index in [-0.39, 0.29) is 31.6 Å². The van der Waals surface area contributed by atoms with Gasteiger partial charge in [0.15, 0.2) is 0 Å². The van der Waals surface area contributed by atoms with E-state index in [9.17, 15) is 4.79 Å². The summed E-state index contributed by atoms with van der Waals surface area (Å²) in [6.45, 7) is 3.18. The Morgan fingerprint density at radius 1 is 1.28 bits per heavy atom. The predicted molar refractivity (Wildman–Crippen MR) is 67.4 cm³/mol. The highest BCUT2D eigenvalue weighted by Crippen LogP contribution is 2.20. The van der Waals surface area contributed by atoms with E-state index in [1.807, 2.05) is 0 Å². The SMILES string of the molecule is O=C(O)CC1CC(NCCCO)CN(CCO)C1. The molecule has 1 aliphatic rings. The Morgan fingerprint density at radius 2 is 2.06 bits per heavy atom. The molecule has 1 saturated heterocycles. The number of carbonyl (C=O) groups is 1. The van der Waals surface area contributed by atoms with Crippen molar-refractivity contribution in [2.75, 3.05) is 39.4 Å². The van der Waals surface area contributed by atoms with Gasteiger partial charge in [0.05, 0.1) is 6.61 Å². The molecule has 0 amide bonds. The fourth-order valence-corrected chi connectivity index (χ4v) is 2.55. The number of piperidine rings is 1. The molecule has 4 N–H and O–H groups in total. The second kappa shape index (κ2) is 8.42. The number of carboxylic acids is 1. The van der Waals surface area contributed by atoms with E-state index in [4.69, 9.17) is 15.3 Å². The molecule has 1 rings (SSSR count). The quantitative estimate of drug-likeness (QED) is 0.423. The maximum Gasteiger partial charge on any atom is 0.303 e. The molecule has 0 spiro atoms. The summed E-state index contributed by atoms with van der Waals surface area (Å²) in [5.74, 6) is -0.630. The molecule has 0 radical (unpaired) electrons. The van der Waals surface area contributed by atoms with Crippen LogP contribution in [0.2, 0.25) is 0 Å². The van der Waals surface area contributed by atoms with E-state index in [0.29, 0.717) is 13.0 Å². The largest absolute Gasteiger partial charge is 0.481 e. The third-order valence-electron chi connectivity index (χ3n) is 3.26. The summed E-state index contributed by atoms with van der Waals surface area (Å²) in [4.78, 5) is 12.9. The van der Waals surface area contributed by atoms with Gasteiger partial charge in [-0.1, -0.05) is 0 Å². The van der Waals surface area contributed by atoms with Crippen LogP contribution < -0.4 is 5.32 Å². The van der Waals surface area contributed by atoms with Gasteiger partial charge in [0.25, 0.3) is 0 Å². The second-order valence-electron chi connectivity index (χ2n) is 4.91. The first-order valence-electron chi connectivity index (χ1n) is 6.55. The van der Waals surface area contributed by atoms with Crippen molar-refractivity contribution in [1.82, 2.24) is 10.2 Å². The molecule has 2 unspecified atom stereocenters. The highest BCUT2D eigenvalue weighted by molar-refractivity contribution is 5.67. The standard InChI is InChI=1S/C12H24N2O4/c15-4-1-2-13-11-6-10(7-12(17)18)8-14(9-11)3-5-16/h10-11,13,15-16H,1-9H2,(H,17,18). The van der Waals surface area contributed by atoms with Gasteiger partial charge in [0.1, 0.15) is 0 Å². The van der Waals surface area contributed by atoms with Crippen LogP contribution >= 0.6 is 0 Å². The van der Waals surface area contributed by atoms with Gasteiger partial charge in [-0.25, -0.2) is 0 Å². The molecule has 0 aromatic rings. The number of nitrogens with one attached hydrogen (secondary N) is 1. The van der Waals surface area contributed by atoms with Gasteiger partial charge in [-0.15, -0.1) is 0 Å². The first kappa shape index (κ1) is 15.4. The average Bonchev–Trinajstić information content (AvgIpc) is 2.28. The first-order valence-corrected chi connectivity index (χ1v) is 6.55. The van der Waals surface area contributed by atoms with E-state index in [0.717, 1.165) is 26.1 Å². The minimum absolute atomic E-state index is 0.100. The van der Waals surface area contributed by atoms with Crippen LogP contribution in [-0.4, -0.2) is 71.6 Å². The molecule has 6 heteroatoms. The Labute approximate surface area is 108 Å². The molecule has 1 aliphatic heterocycles. The molecule has 6 nitrogen and oxygen atoms in total. The van der Waals surface area contributed by atoms with Crippen molar-refractivity contribution in [3.8, 4) is 0 Å². The maximum atomic E-state index is 10.8. The van der Waals surface area contributed by atoms with Crippen LogP contribution in [0.1, 0.15) is 19.3 Å². The topological polar surface area (TPSA) is 93.0 Å². The number of aliphatic hydroxyl groups excluding tert-OH is 2. The third-order valence-corrected chi connectivity index (χ3v) is 3.26. The average molecular weight is 260 g/mol. The third kappa shape index (κ3) is 5.77. The lowest BCUT2D eigenvalue weighted by Crippen LogP contribution is -2.50. The fraction of sp³-hybridized carbons (Fsp3) is 0.917. The van der Waals surface area contributed by atoms with Gasteiger partial charge < -0.3 is 20.6 Å². The number of carboxylic acid groups (broad SMARTS) is 1. The summed E-state index contributed by atoms with van der Waals surface area (Å²) < 4.78 is 0. The van der Waals surface area contributed by atoms with Gasteiger partial charge in [0.2, 0.25) is 0 Å². The zero-order valence-corrected chi connectivity index (χ0v) is 10.7. The van der Waals surface area contributed by atoms with E-state index in [1.54, 1.807) is 0 Å². The molecule has 0 saturated carbocycles. The molecule has 0 aliphatic carbocycles. The summed E-state index contributed by atoms with van der Waals surface area (Å²) in [6.07, 6.45) is 1.74. The monoisotopic (exact) mass is 260 g/mol. The van der Waals surface area contributed by atoms with Crippen LogP contribution in [0.4, 0.5) is 0 Å². The van der Waals surface area contributed by atoms with Gasteiger partial charge in [-0.3, -0.25) is 9.69 Å². The first-order chi connectivity index (χ1) is 8.65. The Hall–Kier alpha value is -0.690. The Morgan fingerprint density at radius 3 is 2.67 bits per heavy atom. The summed E-state index contributed by atoms with van der Waals surface area (Å²) in [6, 6.07) is 0.251. The molecule has 1 fully saturated rings. The number of hydrogen-bond donors (Lipinski definition) is 4. The number of β-amino-alcohol motifs (C(OH)–C–C–N with tert-alkyl or cyclic N) is 1. The van der Waals surface area contributed by atoms with Crippen molar-refractivity contribution in [3.63, 3.8) is 0 Å². The summed E-state index contributed by atoms with van der Waals surface area (Å²) in [5, 5.41) is 29.9. The van der Waals surface area contributed by atoms with E-state index in [1.165, 1.54) is 0 Å². The Balaban J connectivity index is 2.42. The number of hydrogen-bond acceptors (Lipinski definition) is 5. The van der Waals surface area contributed by atoms with Gasteiger partial charge >= 0.3 is 5.97 Å². The van der Waals surface area contributed by atoms with E-state index < -0.39 is 5.97 Å². The lowest BCUT2D eigenvalue weighted by Gasteiger charge is -2.37. The van der Waals surface area contributed by atoms with Crippen LogP contribution in [-0.2, 0) is 4.79 Å². The van der Waals surface area contributed by atoms with Gasteiger partial charge in [-0.05, 0) is 25.3 Å². The lowest BCUT2D eigenvalue weighted by atomic mass is 9.91. The van der Waals surface area contributed by atoms with Crippen molar-refractivity contribution >= 4 is 5.97 Å². The van der Waals surface area contributed by atoms with Crippen LogP contribution in [0, 0.1) is 5.92 Å². The summed E-state index contributed by atoms with van der Waals surface area (Å²) in [5.41, 5.74) is 0. The number of nitrogens with zero attached hydrogens (tertiary/aromatic N) is 1. The van der Waals surface area contributed by atoms with Crippen LogP contribution in [0.3, 0.4) is 0 Å². The van der Waals surface area contributed by atoms with Crippen LogP contribution in [0.15, 0.2) is 0 Å². The van der Waals surface area contributed by atoms with Crippen molar-refractivity contribution in [2.45, 2.75) is 25.3 Å². The van der Waals surface area contributed by atoms with Crippen molar-refractivity contribution in [1.29, 1.82) is 0 Å². The molecule has 2 atom stereocenters. The minimum atomic E-state index is -0.764. The molecular formula is C12H24N2O4. The Kier molecular flexibility index (Phi) is 7.19. The zero-order chi connectivity index (χ0) is 13.4. The van der Waals surface area contributed by atoms with Crippen molar-refractivity contribution in [2.24, 2.45) is 5.92 Å². The van der Waals surface area contributed by atoms with E-state index in [2.05, 4.69) is 10.2 Å². The Bertz CT molecular complexity index is 250. The molecule has 106 valence electrons. The predicted octanol–water partition coefficient (Wildman–Crippen LogP) is -0.884. The number of likely N-dealkylation sites (tertiary alicyclic amines) is 1. The van der Waals surface area contributed by atoms with Crippen molar-refractivity contribution in [3.05, 3.63) is 0 Å². The van der Waals surface area contributed by atoms with Crippen molar-refractivity contribution < 1.29 is 20.1 Å². The second-order valence-corrected chi connectivity index (χ2v) is 4.91. The number of rotatable bonds is 8. The molecule has 0 bridgehead atoms.